The highest BCUT2D eigenvalue weighted by Gasteiger charge is 2.42. The van der Waals surface area contributed by atoms with Crippen molar-refractivity contribution in [2.45, 2.75) is 13.1 Å². The number of nitrogens with zero attached hydrogens (tertiary/aromatic N) is 3. The maximum absolute atomic E-state index is 14.9. The van der Waals surface area contributed by atoms with Gasteiger partial charge in [0.15, 0.2) is 0 Å². The van der Waals surface area contributed by atoms with E-state index >= 15 is 0 Å². The number of halogens is 2. The number of aromatic amines is 1. The van der Waals surface area contributed by atoms with E-state index in [2.05, 4.69) is 14.5 Å². The third kappa shape index (κ3) is 4.26. The van der Waals surface area contributed by atoms with Crippen LogP contribution in [0.3, 0.4) is 0 Å². The first-order valence-corrected chi connectivity index (χ1v) is 15.1. The van der Waals surface area contributed by atoms with Gasteiger partial charge in [0.2, 0.25) is 0 Å². The van der Waals surface area contributed by atoms with Crippen molar-refractivity contribution in [3.05, 3.63) is 82.9 Å². The number of methoxy groups -OCH3 is 2. The van der Waals surface area contributed by atoms with Crippen molar-refractivity contribution in [1.82, 2.24) is 19.4 Å². The Morgan fingerprint density at radius 1 is 0.826 bits per heavy atom. The highest BCUT2D eigenvalue weighted by molar-refractivity contribution is 6.39. The summed E-state index contributed by atoms with van der Waals surface area (Å²) in [6, 6.07) is 14.1. The monoisotopic (exact) mass is 624 g/mol. The molecule has 2 aliphatic heterocycles. The SMILES string of the molecule is COc1ccc(CN2C(=O)c3c(c4c5cc(F)ccc5n(CCN5CCOCC5)c4c4[nH]c5ccc(F)cc5c34)C2=O)c(OC)c1. The second-order valence-corrected chi connectivity index (χ2v) is 11.7. The molecule has 0 atom stereocenters. The van der Waals surface area contributed by atoms with Crippen LogP contribution in [0.25, 0.3) is 43.6 Å². The molecule has 1 fully saturated rings. The first-order valence-electron chi connectivity index (χ1n) is 15.1. The number of ether oxygens (including phenoxy) is 3. The lowest BCUT2D eigenvalue weighted by molar-refractivity contribution is 0.0366. The van der Waals surface area contributed by atoms with Crippen LogP contribution < -0.4 is 9.47 Å². The topological polar surface area (TPSA) is 89.0 Å². The largest absolute Gasteiger partial charge is 0.497 e. The number of hydrogen-bond donors (Lipinski definition) is 1. The zero-order chi connectivity index (χ0) is 31.7. The van der Waals surface area contributed by atoms with Gasteiger partial charge in [0.05, 0.1) is 56.1 Å². The van der Waals surface area contributed by atoms with Gasteiger partial charge in [-0.25, -0.2) is 8.78 Å². The van der Waals surface area contributed by atoms with E-state index in [0.717, 1.165) is 18.6 Å². The van der Waals surface area contributed by atoms with Crippen molar-refractivity contribution in [2.75, 3.05) is 47.1 Å². The van der Waals surface area contributed by atoms with Crippen molar-refractivity contribution in [1.29, 1.82) is 0 Å². The van der Waals surface area contributed by atoms with E-state index in [0.29, 0.717) is 81.5 Å². The van der Waals surface area contributed by atoms with Gasteiger partial charge in [-0.3, -0.25) is 19.4 Å². The zero-order valence-electron chi connectivity index (χ0n) is 25.3. The third-order valence-electron chi connectivity index (χ3n) is 9.26. The first-order chi connectivity index (χ1) is 22.4. The fraction of sp³-hybridized carbons (Fsp3) is 0.257. The number of benzene rings is 4. The van der Waals surface area contributed by atoms with Gasteiger partial charge in [-0.05, 0) is 48.5 Å². The predicted molar refractivity (Wildman–Crippen MR) is 170 cm³/mol. The van der Waals surface area contributed by atoms with Crippen molar-refractivity contribution in [3.63, 3.8) is 0 Å². The minimum atomic E-state index is -0.513. The van der Waals surface area contributed by atoms with E-state index in [9.17, 15) is 18.4 Å². The lowest BCUT2D eigenvalue weighted by Crippen LogP contribution is -2.38. The second-order valence-electron chi connectivity index (χ2n) is 11.7. The minimum Gasteiger partial charge on any atom is -0.497 e. The van der Waals surface area contributed by atoms with Gasteiger partial charge in [0.25, 0.3) is 11.8 Å². The average molecular weight is 625 g/mol. The van der Waals surface area contributed by atoms with Crippen LogP contribution in [0, 0.1) is 11.6 Å². The molecule has 1 N–H and O–H groups in total. The Labute approximate surface area is 261 Å². The molecule has 46 heavy (non-hydrogen) atoms. The molecule has 8 rings (SSSR count). The average Bonchev–Trinajstić information content (AvgIpc) is 3.68. The van der Waals surface area contributed by atoms with Crippen LogP contribution in [-0.4, -0.2) is 78.2 Å². The van der Waals surface area contributed by atoms with Crippen LogP contribution >= 0.6 is 0 Å². The van der Waals surface area contributed by atoms with E-state index < -0.39 is 23.4 Å². The number of carbonyl (C=O) groups is 2. The van der Waals surface area contributed by atoms with E-state index in [1.54, 1.807) is 37.4 Å². The predicted octanol–water partition coefficient (Wildman–Crippen LogP) is 5.85. The van der Waals surface area contributed by atoms with E-state index in [-0.39, 0.29) is 17.7 Å². The smallest absolute Gasteiger partial charge is 0.262 e. The number of rotatable bonds is 7. The molecule has 0 saturated carbocycles. The minimum absolute atomic E-state index is 0.0662. The summed E-state index contributed by atoms with van der Waals surface area (Å²) in [4.78, 5) is 35.8. The summed E-state index contributed by atoms with van der Waals surface area (Å²) in [6.07, 6.45) is 0. The van der Waals surface area contributed by atoms with Crippen LogP contribution in [0.15, 0.2) is 54.6 Å². The summed E-state index contributed by atoms with van der Waals surface area (Å²) < 4.78 is 48.2. The molecule has 2 aliphatic rings. The summed E-state index contributed by atoms with van der Waals surface area (Å²) in [6.45, 7) is 4.05. The Bertz CT molecular complexity index is 2230. The number of morpholine rings is 1. The number of carbonyl (C=O) groups excluding carboxylic acids is 2. The maximum atomic E-state index is 14.9. The summed E-state index contributed by atoms with van der Waals surface area (Å²) in [5.74, 6) is -0.911. The standard InChI is InChI=1S/C35H30F2N4O5/c1-44-22-6-3-19(27(17-22)45-2)18-41-34(42)30-28-23-15-20(36)4-7-25(23)38-32(28)33-29(31(30)35(41)43)24-16-21(37)5-8-26(24)40(33)10-9-39-11-13-46-14-12-39/h3-8,15-17,38H,9-14,18H2,1-2H3. The third-order valence-corrected chi connectivity index (χ3v) is 9.26. The van der Waals surface area contributed by atoms with Crippen molar-refractivity contribution >= 4 is 55.4 Å². The maximum Gasteiger partial charge on any atom is 0.262 e. The number of aromatic nitrogens is 2. The molecular weight excluding hydrogens is 594 g/mol. The van der Waals surface area contributed by atoms with E-state index in [1.807, 2.05) is 0 Å². The van der Waals surface area contributed by atoms with Crippen LogP contribution in [-0.2, 0) is 17.8 Å². The Morgan fingerprint density at radius 3 is 2.28 bits per heavy atom. The Balaban J connectivity index is 1.40. The van der Waals surface area contributed by atoms with Gasteiger partial charge in [-0.2, -0.15) is 0 Å². The zero-order valence-corrected chi connectivity index (χ0v) is 25.3. The number of nitrogens with one attached hydrogen (secondary N) is 1. The molecule has 2 amide bonds. The van der Waals surface area contributed by atoms with Crippen LogP contribution in [0.4, 0.5) is 8.78 Å². The molecule has 0 unspecified atom stereocenters. The van der Waals surface area contributed by atoms with Gasteiger partial charge in [0, 0.05) is 70.4 Å². The number of imide groups is 1. The van der Waals surface area contributed by atoms with Crippen LogP contribution in [0.2, 0.25) is 0 Å². The molecular formula is C35H30F2N4O5. The molecule has 0 radical (unpaired) electrons. The number of amides is 2. The Kier molecular flexibility index (Phi) is 6.69. The highest BCUT2D eigenvalue weighted by Crippen LogP contribution is 2.46. The molecule has 11 heteroatoms. The van der Waals surface area contributed by atoms with Crippen molar-refractivity contribution < 1.29 is 32.6 Å². The summed E-state index contributed by atoms with van der Waals surface area (Å²) in [5.41, 5.74) is 3.59. The normalized spacial score (nSPS) is 15.6. The van der Waals surface area contributed by atoms with Gasteiger partial charge in [-0.1, -0.05) is 0 Å². The Hall–Kier alpha value is -5.00. The van der Waals surface area contributed by atoms with Gasteiger partial charge in [0.1, 0.15) is 23.1 Å². The van der Waals surface area contributed by atoms with Crippen molar-refractivity contribution in [3.8, 4) is 11.5 Å². The molecule has 0 aliphatic carbocycles. The fourth-order valence-electron chi connectivity index (χ4n) is 7.08. The number of H-pyrrole nitrogens is 1. The quantitative estimate of drug-likeness (QED) is 0.224. The molecule has 4 aromatic carbocycles. The van der Waals surface area contributed by atoms with Gasteiger partial charge in [-0.15, -0.1) is 0 Å². The van der Waals surface area contributed by atoms with E-state index in [4.69, 9.17) is 14.2 Å². The fourth-order valence-corrected chi connectivity index (χ4v) is 7.08. The first kappa shape index (κ1) is 28.5. The van der Waals surface area contributed by atoms with Gasteiger partial charge < -0.3 is 23.8 Å². The molecule has 4 heterocycles. The molecule has 0 bridgehead atoms. The molecule has 9 nitrogen and oxygen atoms in total. The molecule has 0 spiro atoms. The van der Waals surface area contributed by atoms with E-state index in [1.165, 1.54) is 36.3 Å². The summed E-state index contributed by atoms with van der Waals surface area (Å²) in [7, 11) is 3.05. The summed E-state index contributed by atoms with van der Waals surface area (Å²) >= 11 is 0. The van der Waals surface area contributed by atoms with Crippen LogP contribution in [0.5, 0.6) is 11.5 Å². The highest BCUT2D eigenvalue weighted by atomic mass is 19.1. The lowest BCUT2D eigenvalue weighted by atomic mass is 9.96. The molecule has 1 saturated heterocycles. The molecule has 2 aromatic heterocycles. The summed E-state index contributed by atoms with van der Waals surface area (Å²) in [5, 5.41) is 1.99. The van der Waals surface area contributed by atoms with Crippen LogP contribution in [0.1, 0.15) is 26.3 Å². The number of fused-ring (bicyclic) bond motifs is 10. The second kappa shape index (κ2) is 10.8. The lowest BCUT2D eigenvalue weighted by Gasteiger charge is -2.27. The molecule has 6 aromatic rings. The molecule has 234 valence electrons. The van der Waals surface area contributed by atoms with Gasteiger partial charge >= 0.3 is 0 Å². The number of hydrogen-bond acceptors (Lipinski definition) is 6. The Morgan fingerprint density at radius 2 is 1.54 bits per heavy atom. The van der Waals surface area contributed by atoms with Crippen molar-refractivity contribution in [2.24, 2.45) is 0 Å².